The zero-order valence-corrected chi connectivity index (χ0v) is 9.75. The average molecular weight is 210 g/mol. The van der Waals surface area contributed by atoms with Crippen molar-refractivity contribution in [3.63, 3.8) is 0 Å². The normalized spacial score (nSPS) is 16.2. The molecule has 0 saturated carbocycles. The summed E-state index contributed by atoms with van der Waals surface area (Å²) in [6, 6.07) is 0.864. The van der Waals surface area contributed by atoms with E-state index in [-0.39, 0.29) is 5.91 Å². The van der Waals surface area contributed by atoms with Gasteiger partial charge >= 0.3 is 0 Å². The van der Waals surface area contributed by atoms with Gasteiger partial charge in [-0.15, -0.1) is 0 Å². The monoisotopic (exact) mass is 210 g/mol. The molecule has 0 heterocycles. The summed E-state index contributed by atoms with van der Waals surface area (Å²) < 4.78 is 0. The van der Waals surface area contributed by atoms with Gasteiger partial charge in [-0.25, -0.2) is 0 Å². The second-order valence-corrected chi connectivity index (χ2v) is 4.42. The van der Waals surface area contributed by atoms with Crippen LogP contribution in [-0.2, 0) is 4.79 Å². The minimum Gasteiger partial charge on any atom is -0.353 e. The van der Waals surface area contributed by atoms with Gasteiger partial charge in [-0.05, 0) is 25.8 Å². The summed E-state index contributed by atoms with van der Waals surface area (Å²) in [6.45, 7) is 5.16. The first-order valence-corrected chi connectivity index (χ1v) is 5.86. The molecule has 1 aliphatic rings. The van der Waals surface area contributed by atoms with Crippen molar-refractivity contribution in [3.05, 3.63) is 12.2 Å². The number of hydrogen-bond donors (Lipinski definition) is 2. The van der Waals surface area contributed by atoms with Crippen molar-refractivity contribution in [2.45, 2.75) is 51.6 Å². The molecule has 0 aromatic rings. The largest absolute Gasteiger partial charge is 0.353 e. The SMILES string of the molecule is CC(C)NCCCC(=O)NC1CC=CC1. The van der Waals surface area contributed by atoms with E-state index in [0.717, 1.165) is 25.8 Å². The molecule has 0 radical (unpaired) electrons. The van der Waals surface area contributed by atoms with E-state index in [1.54, 1.807) is 0 Å². The standard InChI is InChI=1S/C12H22N2O/c1-10(2)13-9-5-8-12(15)14-11-6-3-4-7-11/h3-4,10-11,13H,5-9H2,1-2H3,(H,14,15). The van der Waals surface area contributed by atoms with E-state index in [1.807, 2.05) is 0 Å². The molecule has 0 unspecified atom stereocenters. The first kappa shape index (κ1) is 12.2. The summed E-state index contributed by atoms with van der Waals surface area (Å²) in [7, 11) is 0. The molecule has 3 heteroatoms. The summed E-state index contributed by atoms with van der Waals surface area (Å²) in [5.41, 5.74) is 0. The van der Waals surface area contributed by atoms with Crippen LogP contribution in [0, 0.1) is 0 Å². The van der Waals surface area contributed by atoms with Crippen molar-refractivity contribution >= 4 is 5.91 Å². The van der Waals surface area contributed by atoms with Gasteiger partial charge in [0.25, 0.3) is 0 Å². The Balaban J connectivity index is 1.98. The van der Waals surface area contributed by atoms with Gasteiger partial charge in [-0.1, -0.05) is 26.0 Å². The number of hydrogen-bond acceptors (Lipinski definition) is 2. The van der Waals surface area contributed by atoms with Crippen LogP contribution in [0.15, 0.2) is 12.2 Å². The number of carbonyl (C=O) groups excluding carboxylic acids is 1. The molecule has 0 saturated heterocycles. The van der Waals surface area contributed by atoms with Crippen molar-refractivity contribution in [1.82, 2.24) is 10.6 Å². The maximum atomic E-state index is 11.5. The van der Waals surface area contributed by atoms with Gasteiger partial charge in [0.05, 0.1) is 0 Å². The maximum Gasteiger partial charge on any atom is 0.220 e. The van der Waals surface area contributed by atoms with E-state index in [0.29, 0.717) is 18.5 Å². The molecule has 0 bridgehead atoms. The van der Waals surface area contributed by atoms with E-state index >= 15 is 0 Å². The fourth-order valence-corrected chi connectivity index (χ4v) is 1.67. The predicted octanol–water partition coefficient (Wildman–Crippen LogP) is 1.60. The number of nitrogens with one attached hydrogen (secondary N) is 2. The zero-order chi connectivity index (χ0) is 11.1. The summed E-state index contributed by atoms with van der Waals surface area (Å²) in [5, 5.41) is 6.34. The van der Waals surface area contributed by atoms with Crippen LogP contribution < -0.4 is 10.6 Å². The molecule has 0 aliphatic heterocycles. The highest BCUT2D eigenvalue weighted by atomic mass is 16.1. The lowest BCUT2D eigenvalue weighted by atomic mass is 10.2. The smallest absolute Gasteiger partial charge is 0.220 e. The van der Waals surface area contributed by atoms with Crippen molar-refractivity contribution < 1.29 is 4.79 Å². The molecule has 0 atom stereocenters. The molecule has 15 heavy (non-hydrogen) atoms. The molecule has 0 fully saturated rings. The molecule has 0 aromatic carbocycles. The van der Waals surface area contributed by atoms with Crippen LogP contribution in [0.2, 0.25) is 0 Å². The molecule has 2 N–H and O–H groups in total. The van der Waals surface area contributed by atoms with Gasteiger partial charge in [0, 0.05) is 18.5 Å². The molecule has 86 valence electrons. The minimum absolute atomic E-state index is 0.189. The van der Waals surface area contributed by atoms with Crippen LogP contribution in [0.3, 0.4) is 0 Å². The van der Waals surface area contributed by atoms with Crippen molar-refractivity contribution in [3.8, 4) is 0 Å². The van der Waals surface area contributed by atoms with Gasteiger partial charge < -0.3 is 10.6 Å². The lowest BCUT2D eigenvalue weighted by molar-refractivity contribution is -0.121. The highest BCUT2D eigenvalue weighted by Gasteiger charge is 2.12. The molecular formula is C12H22N2O. The number of rotatable bonds is 6. The zero-order valence-electron chi connectivity index (χ0n) is 9.75. The summed E-state index contributed by atoms with van der Waals surface area (Å²) in [6.07, 6.45) is 7.81. The van der Waals surface area contributed by atoms with Crippen molar-refractivity contribution in [2.75, 3.05) is 6.54 Å². The Morgan fingerprint density at radius 3 is 2.67 bits per heavy atom. The molecule has 0 aromatic heterocycles. The second kappa shape index (κ2) is 6.62. The van der Waals surface area contributed by atoms with Crippen LogP contribution in [0.1, 0.15) is 39.5 Å². The van der Waals surface area contributed by atoms with Crippen LogP contribution in [0.5, 0.6) is 0 Å². The predicted molar refractivity (Wildman–Crippen MR) is 62.7 cm³/mol. The molecule has 1 amide bonds. The van der Waals surface area contributed by atoms with E-state index in [1.165, 1.54) is 0 Å². The Hall–Kier alpha value is -0.830. The first-order chi connectivity index (χ1) is 7.18. The molecular weight excluding hydrogens is 188 g/mol. The van der Waals surface area contributed by atoms with E-state index in [9.17, 15) is 4.79 Å². The van der Waals surface area contributed by atoms with Crippen LogP contribution >= 0.6 is 0 Å². The maximum absolute atomic E-state index is 11.5. The fraction of sp³-hybridized carbons (Fsp3) is 0.750. The molecule has 3 nitrogen and oxygen atoms in total. The Labute approximate surface area is 92.3 Å². The Kier molecular flexibility index (Phi) is 5.40. The Morgan fingerprint density at radius 1 is 1.40 bits per heavy atom. The third kappa shape index (κ3) is 5.57. The van der Waals surface area contributed by atoms with E-state index < -0.39 is 0 Å². The summed E-state index contributed by atoms with van der Waals surface area (Å²) >= 11 is 0. The Bertz CT molecular complexity index is 216. The van der Waals surface area contributed by atoms with Gasteiger partial charge in [-0.3, -0.25) is 4.79 Å². The van der Waals surface area contributed by atoms with Crippen molar-refractivity contribution in [1.29, 1.82) is 0 Å². The first-order valence-electron chi connectivity index (χ1n) is 5.86. The third-order valence-electron chi connectivity index (χ3n) is 2.51. The lowest BCUT2D eigenvalue weighted by Gasteiger charge is -2.12. The minimum atomic E-state index is 0.189. The lowest BCUT2D eigenvalue weighted by Crippen LogP contribution is -2.33. The highest BCUT2D eigenvalue weighted by molar-refractivity contribution is 5.76. The average Bonchev–Trinajstić information content (AvgIpc) is 2.64. The van der Waals surface area contributed by atoms with Crippen LogP contribution in [-0.4, -0.2) is 24.5 Å². The highest BCUT2D eigenvalue weighted by Crippen LogP contribution is 2.09. The van der Waals surface area contributed by atoms with Crippen LogP contribution in [0.25, 0.3) is 0 Å². The van der Waals surface area contributed by atoms with Gasteiger partial charge in [0.2, 0.25) is 5.91 Å². The second-order valence-electron chi connectivity index (χ2n) is 4.42. The summed E-state index contributed by atoms with van der Waals surface area (Å²) in [4.78, 5) is 11.5. The molecule has 0 spiro atoms. The van der Waals surface area contributed by atoms with E-state index in [2.05, 4.69) is 36.6 Å². The van der Waals surface area contributed by atoms with E-state index in [4.69, 9.17) is 0 Å². The van der Waals surface area contributed by atoms with Gasteiger partial charge in [0.1, 0.15) is 0 Å². The molecule has 1 rings (SSSR count). The third-order valence-corrected chi connectivity index (χ3v) is 2.51. The quantitative estimate of drug-likeness (QED) is 0.516. The number of amides is 1. The number of carbonyl (C=O) groups is 1. The Morgan fingerprint density at radius 2 is 2.07 bits per heavy atom. The fourth-order valence-electron chi connectivity index (χ4n) is 1.67. The van der Waals surface area contributed by atoms with Gasteiger partial charge in [0.15, 0.2) is 0 Å². The summed E-state index contributed by atoms with van der Waals surface area (Å²) in [5.74, 6) is 0.189. The van der Waals surface area contributed by atoms with Crippen LogP contribution in [0.4, 0.5) is 0 Å². The topological polar surface area (TPSA) is 41.1 Å². The van der Waals surface area contributed by atoms with Crippen molar-refractivity contribution in [2.24, 2.45) is 0 Å². The molecule has 1 aliphatic carbocycles. The van der Waals surface area contributed by atoms with Gasteiger partial charge in [-0.2, -0.15) is 0 Å².